The Hall–Kier alpha value is -1.77. The Morgan fingerprint density at radius 3 is 2.50 bits per heavy atom. The van der Waals surface area contributed by atoms with Crippen molar-refractivity contribution in [2.45, 2.75) is 24.2 Å². The van der Waals surface area contributed by atoms with Crippen LogP contribution < -0.4 is 5.32 Å². The molecular weight excluding hydrogens is 423 g/mol. The summed E-state index contributed by atoms with van der Waals surface area (Å²) in [7, 11) is -3.58. The predicted octanol–water partition coefficient (Wildman–Crippen LogP) is 4.02. The first-order chi connectivity index (χ1) is 12.4. The lowest BCUT2D eigenvalue weighted by Gasteiger charge is -2.26. The number of sulfonamides is 1. The van der Waals surface area contributed by atoms with Gasteiger partial charge in [0.05, 0.1) is 4.90 Å². The summed E-state index contributed by atoms with van der Waals surface area (Å²) in [6.07, 6.45) is 2.74. The van der Waals surface area contributed by atoms with E-state index in [2.05, 4.69) is 21.2 Å². The Morgan fingerprint density at radius 1 is 1.08 bits per heavy atom. The Morgan fingerprint density at radius 2 is 1.81 bits per heavy atom. The highest BCUT2D eigenvalue weighted by Gasteiger charge is 2.26. The molecule has 0 spiro atoms. The molecular formula is C18H18BrFN2O3S. The van der Waals surface area contributed by atoms with Gasteiger partial charge in [-0.3, -0.25) is 4.79 Å². The van der Waals surface area contributed by atoms with Gasteiger partial charge in [-0.05, 0) is 49.2 Å². The number of carbonyl (C=O) groups excluding carboxylic acids is 1. The first kappa shape index (κ1) is 19.0. The van der Waals surface area contributed by atoms with Gasteiger partial charge in [0.25, 0.3) is 5.91 Å². The average molecular weight is 441 g/mol. The number of piperidine rings is 1. The fourth-order valence-corrected chi connectivity index (χ4v) is 4.91. The van der Waals surface area contributed by atoms with Crippen LogP contribution in [-0.4, -0.2) is 31.7 Å². The lowest BCUT2D eigenvalue weighted by Crippen LogP contribution is -2.35. The number of rotatable bonds is 4. The highest BCUT2D eigenvalue weighted by Crippen LogP contribution is 2.23. The van der Waals surface area contributed by atoms with Crippen molar-refractivity contribution >= 4 is 37.5 Å². The van der Waals surface area contributed by atoms with Gasteiger partial charge in [-0.25, -0.2) is 12.8 Å². The minimum Gasteiger partial charge on any atom is -0.322 e. The normalized spacial score (nSPS) is 15.6. The van der Waals surface area contributed by atoms with Gasteiger partial charge in [0.1, 0.15) is 5.82 Å². The second-order valence-electron chi connectivity index (χ2n) is 6.10. The third kappa shape index (κ3) is 4.31. The van der Waals surface area contributed by atoms with Crippen molar-refractivity contribution < 1.29 is 17.6 Å². The van der Waals surface area contributed by atoms with Crippen LogP contribution in [-0.2, 0) is 10.0 Å². The molecule has 26 heavy (non-hydrogen) atoms. The van der Waals surface area contributed by atoms with E-state index in [0.29, 0.717) is 23.2 Å². The standard InChI is InChI=1S/C18H18BrFN2O3S/c19-14-9-13(10-15(20)11-14)18(23)21-16-5-4-6-17(12-16)26(24,25)22-7-2-1-3-8-22/h4-6,9-12H,1-3,7-8H2,(H,21,23). The van der Waals surface area contributed by atoms with Crippen molar-refractivity contribution in [2.24, 2.45) is 0 Å². The molecule has 0 radical (unpaired) electrons. The van der Waals surface area contributed by atoms with Gasteiger partial charge >= 0.3 is 0 Å². The lowest BCUT2D eigenvalue weighted by atomic mass is 10.2. The van der Waals surface area contributed by atoms with E-state index in [9.17, 15) is 17.6 Å². The fourth-order valence-electron chi connectivity index (χ4n) is 2.88. The number of carbonyl (C=O) groups is 1. The largest absolute Gasteiger partial charge is 0.322 e. The fraction of sp³-hybridized carbons (Fsp3) is 0.278. The second-order valence-corrected chi connectivity index (χ2v) is 8.96. The van der Waals surface area contributed by atoms with Gasteiger partial charge in [-0.15, -0.1) is 0 Å². The van der Waals surface area contributed by atoms with Gasteiger partial charge in [0, 0.05) is 28.8 Å². The van der Waals surface area contributed by atoms with Crippen LogP contribution in [0.4, 0.5) is 10.1 Å². The van der Waals surface area contributed by atoms with Crippen LogP contribution in [0, 0.1) is 5.82 Å². The van der Waals surface area contributed by atoms with Crippen molar-refractivity contribution in [1.82, 2.24) is 4.31 Å². The third-order valence-corrected chi connectivity index (χ3v) is 6.52. The number of nitrogens with zero attached hydrogens (tertiary/aromatic N) is 1. The monoisotopic (exact) mass is 440 g/mol. The van der Waals surface area contributed by atoms with Crippen LogP contribution in [0.2, 0.25) is 0 Å². The maximum absolute atomic E-state index is 13.5. The Labute approximate surface area is 160 Å². The number of hydrogen-bond acceptors (Lipinski definition) is 3. The molecule has 1 amide bonds. The molecule has 1 aliphatic heterocycles. The van der Waals surface area contributed by atoms with Gasteiger partial charge < -0.3 is 5.32 Å². The third-order valence-electron chi connectivity index (χ3n) is 4.17. The van der Waals surface area contributed by atoms with Gasteiger partial charge in [0.2, 0.25) is 10.0 Å². The lowest BCUT2D eigenvalue weighted by molar-refractivity contribution is 0.102. The van der Waals surface area contributed by atoms with Gasteiger partial charge in [-0.2, -0.15) is 4.31 Å². The summed E-state index contributed by atoms with van der Waals surface area (Å²) in [6, 6.07) is 9.98. The molecule has 2 aromatic carbocycles. The molecule has 0 aromatic heterocycles. The molecule has 138 valence electrons. The van der Waals surface area contributed by atoms with E-state index in [1.165, 1.54) is 28.6 Å². The van der Waals surface area contributed by atoms with Crippen LogP contribution in [0.3, 0.4) is 0 Å². The topological polar surface area (TPSA) is 66.5 Å². The molecule has 0 bridgehead atoms. The van der Waals surface area contributed by atoms with Crippen LogP contribution in [0.5, 0.6) is 0 Å². The molecule has 1 aliphatic rings. The quantitative estimate of drug-likeness (QED) is 0.780. The first-order valence-electron chi connectivity index (χ1n) is 8.24. The van der Waals surface area contributed by atoms with Crippen molar-refractivity contribution in [1.29, 1.82) is 0 Å². The first-order valence-corrected chi connectivity index (χ1v) is 10.5. The SMILES string of the molecule is O=C(Nc1cccc(S(=O)(=O)N2CCCCC2)c1)c1cc(F)cc(Br)c1. The van der Waals surface area contributed by atoms with E-state index >= 15 is 0 Å². The Bertz CT molecular complexity index is 908. The maximum Gasteiger partial charge on any atom is 0.255 e. The van der Waals surface area contributed by atoms with E-state index in [1.807, 2.05) is 0 Å². The molecule has 1 fully saturated rings. The number of nitrogens with one attached hydrogen (secondary N) is 1. The molecule has 2 aromatic rings. The molecule has 8 heteroatoms. The van der Waals surface area contributed by atoms with E-state index in [4.69, 9.17) is 0 Å². The maximum atomic E-state index is 13.5. The summed E-state index contributed by atoms with van der Waals surface area (Å²) in [5.41, 5.74) is 0.481. The van der Waals surface area contributed by atoms with Crippen molar-refractivity contribution in [2.75, 3.05) is 18.4 Å². The number of hydrogen-bond donors (Lipinski definition) is 1. The van der Waals surface area contributed by atoms with E-state index in [1.54, 1.807) is 12.1 Å². The molecule has 5 nitrogen and oxygen atoms in total. The van der Waals surface area contributed by atoms with Crippen molar-refractivity contribution in [3.8, 4) is 0 Å². The molecule has 1 saturated heterocycles. The summed E-state index contributed by atoms with van der Waals surface area (Å²) in [5.74, 6) is -1.05. The van der Waals surface area contributed by atoms with E-state index in [-0.39, 0.29) is 10.5 Å². The van der Waals surface area contributed by atoms with Gasteiger partial charge in [0.15, 0.2) is 0 Å². The zero-order valence-corrected chi connectivity index (χ0v) is 16.3. The summed E-state index contributed by atoms with van der Waals surface area (Å²) < 4.78 is 40.9. The summed E-state index contributed by atoms with van der Waals surface area (Å²) in [6.45, 7) is 1.02. The molecule has 1 N–H and O–H groups in total. The zero-order chi connectivity index (χ0) is 18.7. The predicted molar refractivity (Wildman–Crippen MR) is 101 cm³/mol. The molecule has 0 unspecified atom stereocenters. The van der Waals surface area contributed by atoms with Crippen LogP contribution >= 0.6 is 15.9 Å². The molecule has 0 atom stereocenters. The van der Waals surface area contributed by atoms with Crippen LogP contribution in [0.15, 0.2) is 51.8 Å². The second kappa shape index (κ2) is 7.85. The average Bonchev–Trinajstić information content (AvgIpc) is 2.62. The number of halogens is 2. The van der Waals surface area contributed by atoms with E-state index in [0.717, 1.165) is 25.3 Å². The zero-order valence-electron chi connectivity index (χ0n) is 13.9. The number of anilines is 1. The van der Waals surface area contributed by atoms with Crippen molar-refractivity contribution in [3.05, 3.63) is 58.3 Å². The molecule has 1 heterocycles. The Kier molecular flexibility index (Phi) is 5.74. The van der Waals surface area contributed by atoms with Crippen LogP contribution in [0.1, 0.15) is 29.6 Å². The van der Waals surface area contributed by atoms with Crippen LogP contribution in [0.25, 0.3) is 0 Å². The smallest absolute Gasteiger partial charge is 0.255 e. The number of amides is 1. The Balaban J connectivity index is 1.82. The minimum atomic E-state index is -3.58. The van der Waals surface area contributed by atoms with E-state index < -0.39 is 21.7 Å². The molecule has 0 aliphatic carbocycles. The van der Waals surface area contributed by atoms with Gasteiger partial charge in [-0.1, -0.05) is 28.4 Å². The summed E-state index contributed by atoms with van der Waals surface area (Å²) in [5, 5.41) is 2.62. The highest BCUT2D eigenvalue weighted by atomic mass is 79.9. The summed E-state index contributed by atoms with van der Waals surface area (Å²) >= 11 is 3.14. The minimum absolute atomic E-state index is 0.137. The highest BCUT2D eigenvalue weighted by molar-refractivity contribution is 9.10. The summed E-state index contributed by atoms with van der Waals surface area (Å²) in [4.78, 5) is 12.5. The number of benzene rings is 2. The van der Waals surface area contributed by atoms with Crippen molar-refractivity contribution in [3.63, 3.8) is 0 Å². The molecule has 3 rings (SSSR count). The molecule has 0 saturated carbocycles.